The summed E-state index contributed by atoms with van der Waals surface area (Å²) < 4.78 is 12.8. The van der Waals surface area contributed by atoms with Crippen LogP contribution in [0.25, 0.3) is 0 Å². The zero-order valence-electron chi connectivity index (χ0n) is 9.44. The average molecular weight is 232 g/mol. The monoisotopic (exact) mass is 232 g/mol. The van der Waals surface area contributed by atoms with Gasteiger partial charge in [0.25, 0.3) is 0 Å². The molecule has 1 heterocycles. The highest BCUT2D eigenvalue weighted by atomic mass is 19.1. The molecule has 0 atom stereocenters. The number of benzene rings is 1. The molecule has 2 aromatic rings. The van der Waals surface area contributed by atoms with Crippen LogP contribution >= 0.6 is 0 Å². The molecule has 1 aromatic carbocycles. The van der Waals surface area contributed by atoms with Crippen LogP contribution in [-0.4, -0.2) is 10.2 Å². The molecule has 2 rings (SSSR count). The highest BCUT2D eigenvalue weighted by molar-refractivity contribution is 5.39. The molecule has 0 bridgehead atoms. The highest BCUT2D eigenvalue weighted by Crippen LogP contribution is 2.14. The minimum Gasteiger partial charge on any atom is -0.307 e. The number of nitrogens with two attached hydrogens (primary N) is 1. The maximum atomic E-state index is 12.8. The molecule has 0 spiro atoms. The Morgan fingerprint density at radius 3 is 2.59 bits per heavy atom. The smallest absolute Gasteiger partial charge is 0.162 e. The van der Waals surface area contributed by atoms with Crippen LogP contribution in [0, 0.1) is 12.7 Å². The van der Waals surface area contributed by atoms with Gasteiger partial charge in [0.15, 0.2) is 5.82 Å². The van der Waals surface area contributed by atoms with Crippen molar-refractivity contribution in [2.75, 3.05) is 5.43 Å². The van der Waals surface area contributed by atoms with Crippen molar-refractivity contribution < 1.29 is 4.39 Å². The van der Waals surface area contributed by atoms with Crippen LogP contribution in [0.4, 0.5) is 10.2 Å². The van der Waals surface area contributed by atoms with Crippen LogP contribution in [-0.2, 0) is 6.42 Å². The summed E-state index contributed by atoms with van der Waals surface area (Å²) in [7, 11) is 0. The summed E-state index contributed by atoms with van der Waals surface area (Å²) in [4.78, 5) is 0. The summed E-state index contributed by atoms with van der Waals surface area (Å²) in [6.45, 7) is 1.88. The molecule has 0 aliphatic carbocycles. The lowest BCUT2D eigenvalue weighted by Gasteiger charge is -2.06. The van der Waals surface area contributed by atoms with Crippen molar-refractivity contribution in [3.05, 3.63) is 53.0 Å². The first kappa shape index (κ1) is 11.5. The number of hydrazine groups is 1. The van der Waals surface area contributed by atoms with E-state index in [1.807, 2.05) is 13.0 Å². The Hall–Kier alpha value is -2.01. The Balaban J connectivity index is 2.25. The van der Waals surface area contributed by atoms with E-state index in [9.17, 15) is 4.39 Å². The maximum Gasteiger partial charge on any atom is 0.162 e. The van der Waals surface area contributed by atoms with E-state index >= 15 is 0 Å². The van der Waals surface area contributed by atoms with Gasteiger partial charge in [-0.1, -0.05) is 12.1 Å². The van der Waals surface area contributed by atoms with Gasteiger partial charge >= 0.3 is 0 Å². The fraction of sp³-hybridized carbons (Fsp3) is 0.167. The average Bonchev–Trinajstić information content (AvgIpc) is 2.35. The Kier molecular flexibility index (Phi) is 3.30. The first-order chi connectivity index (χ1) is 8.19. The van der Waals surface area contributed by atoms with Crippen molar-refractivity contribution in [1.29, 1.82) is 0 Å². The van der Waals surface area contributed by atoms with Gasteiger partial charge in [0.05, 0.1) is 5.69 Å². The quantitative estimate of drug-likeness (QED) is 0.625. The second-order valence-electron chi connectivity index (χ2n) is 3.79. The summed E-state index contributed by atoms with van der Waals surface area (Å²) in [5, 5.41) is 7.86. The second kappa shape index (κ2) is 4.88. The van der Waals surface area contributed by atoms with Gasteiger partial charge in [-0.05, 0) is 42.7 Å². The van der Waals surface area contributed by atoms with Crippen LogP contribution in [0.5, 0.6) is 0 Å². The molecule has 0 radical (unpaired) electrons. The number of hydrogen-bond donors (Lipinski definition) is 2. The highest BCUT2D eigenvalue weighted by Gasteiger charge is 2.04. The summed E-state index contributed by atoms with van der Waals surface area (Å²) in [6, 6.07) is 8.24. The van der Waals surface area contributed by atoms with Crippen LogP contribution in [0.2, 0.25) is 0 Å². The zero-order valence-corrected chi connectivity index (χ0v) is 9.44. The minimum atomic E-state index is -0.234. The van der Waals surface area contributed by atoms with Crippen molar-refractivity contribution in [3.63, 3.8) is 0 Å². The van der Waals surface area contributed by atoms with E-state index in [1.54, 1.807) is 12.1 Å². The summed E-state index contributed by atoms with van der Waals surface area (Å²) in [5.41, 5.74) is 5.33. The van der Waals surface area contributed by atoms with E-state index in [0.29, 0.717) is 12.2 Å². The van der Waals surface area contributed by atoms with Gasteiger partial charge in [-0.25, -0.2) is 10.2 Å². The first-order valence-electron chi connectivity index (χ1n) is 5.23. The molecule has 88 valence electrons. The fourth-order valence-electron chi connectivity index (χ4n) is 1.56. The van der Waals surface area contributed by atoms with Gasteiger partial charge in [0.1, 0.15) is 5.82 Å². The van der Waals surface area contributed by atoms with Gasteiger partial charge in [-0.15, -0.1) is 5.10 Å². The predicted octanol–water partition coefficient (Wildman–Crippen LogP) is 1.80. The number of nitrogens with one attached hydrogen (secondary N) is 1. The number of hydrogen-bond acceptors (Lipinski definition) is 4. The van der Waals surface area contributed by atoms with Crippen molar-refractivity contribution in [1.82, 2.24) is 10.2 Å². The maximum absolute atomic E-state index is 12.8. The molecule has 17 heavy (non-hydrogen) atoms. The number of aryl methyl sites for hydroxylation is 1. The molecule has 0 unspecified atom stereocenters. The number of rotatable bonds is 3. The number of halogens is 1. The molecule has 4 nitrogen and oxygen atoms in total. The van der Waals surface area contributed by atoms with Crippen molar-refractivity contribution in [2.45, 2.75) is 13.3 Å². The molecular formula is C12H13FN4. The molecule has 0 fully saturated rings. The van der Waals surface area contributed by atoms with E-state index in [4.69, 9.17) is 5.84 Å². The van der Waals surface area contributed by atoms with Gasteiger partial charge in [-0.3, -0.25) is 0 Å². The molecule has 0 saturated heterocycles. The molecule has 3 N–H and O–H groups in total. The minimum absolute atomic E-state index is 0.234. The molecular weight excluding hydrogens is 219 g/mol. The molecule has 0 aliphatic rings. The Morgan fingerprint density at radius 1 is 1.24 bits per heavy atom. The third-order valence-electron chi connectivity index (χ3n) is 2.54. The second-order valence-corrected chi connectivity index (χ2v) is 3.79. The van der Waals surface area contributed by atoms with Gasteiger partial charge in [0.2, 0.25) is 0 Å². The number of nitrogen functional groups attached to an aromatic ring is 1. The standard InChI is InChI=1S/C12H13FN4/c1-8-10(7-12(15-14)17-16-8)6-9-2-4-11(13)5-3-9/h2-5,7H,6,14H2,1H3,(H,15,17). The SMILES string of the molecule is Cc1nnc(NN)cc1Cc1ccc(F)cc1. The third kappa shape index (κ3) is 2.76. The van der Waals surface area contributed by atoms with E-state index in [-0.39, 0.29) is 5.82 Å². The molecule has 1 aromatic heterocycles. The Morgan fingerprint density at radius 2 is 1.94 bits per heavy atom. The van der Waals surface area contributed by atoms with E-state index in [0.717, 1.165) is 16.8 Å². The van der Waals surface area contributed by atoms with Gasteiger partial charge < -0.3 is 5.43 Å². The van der Waals surface area contributed by atoms with Gasteiger partial charge in [0, 0.05) is 0 Å². The van der Waals surface area contributed by atoms with Crippen LogP contribution in [0.1, 0.15) is 16.8 Å². The Bertz CT molecular complexity index is 510. The number of nitrogens with zero attached hydrogens (tertiary/aromatic N) is 2. The van der Waals surface area contributed by atoms with Crippen molar-refractivity contribution in [3.8, 4) is 0 Å². The fourth-order valence-corrected chi connectivity index (χ4v) is 1.56. The molecule has 0 aliphatic heterocycles. The third-order valence-corrected chi connectivity index (χ3v) is 2.54. The normalized spacial score (nSPS) is 10.3. The summed E-state index contributed by atoms with van der Waals surface area (Å²) in [6.07, 6.45) is 0.677. The lowest BCUT2D eigenvalue weighted by molar-refractivity contribution is 0.627. The van der Waals surface area contributed by atoms with E-state index in [2.05, 4.69) is 15.6 Å². The lowest BCUT2D eigenvalue weighted by Crippen LogP contribution is -2.10. The molecule has 0 amide bonds. The Labute approximate surface area is 98.7 Å². The largest absolute Gasteiger partial charge is 0.307 e. The first-order valence-corrected chi connectivity index (χ1v) is 5.23. The predicted molar refractivity (Wildman–Crippen MR) is 63.8 cm³/mol. The molecule has 0 saturated carbocycles. The lowest BCUT2D eigenvalue weighted by atomic mass is 10.0. The van der Waals surface area contributed by atoms with Crippen LogP contribution < -0.4 is 11.3 Å². The summed E-state index contributed by atoms with van der Waals surface area (Å²) >= 11 is 0. The van der Waals surface area contributed by atoms with Crippen LogP contribution in [0.3, 0.4) is 0 Å². The van der Waals surface area contributed by atoms with E-state index < -0.39 is 0 Å². The van der Waals surface area contributed by atoms with Crippen molar-refractivity contribution >= 4 is 5.82 Å². The summed E-state index contributed by atoms with van der Waals surface area (Å²) in [5.74, 6) is 5.57. The van der Waals surface area contributed by atoms with E-state index in [1.165, 1.54) is 12.1 Å². The van der Waals surface area contributed by atoms with Crippen molar-refractivity contribution in [2.24, 2.45) is 5.84 Å². The topological polar surface area (TPSA) is 63.8 Å². The number of aromatic nitrogens is 2. The zero-order chi connectivity index (χ0) is 12.3. The number of anilines is 1. The van der Waals surface area contributed by atoms with Crippen LogP contribution in [0.15, 0.2) is 30.3 Å². The molecule has 5 heteroatoms. The van der Waals surface area contributed by atoms with Gasteiger partial charge in [-0.2, -0.15) is 5.10 Å².